The zero-order chi connectivity index (χ0) is 13.1. The molecular formula is C14H19N5. The van der Waals surface area contributed by atoms with E-state index in [1.165, 1.54) is 12.8 Å². The molecule has 0 radical (unpaired) electrons. The molecular weight excluding hydrogens is 238 g/mol. The van der Waals surface area contributed by atoms with Crippen LogP contribution in [0, 0.1) is 0 Å². The van der Waals surface area contributed by atoms with Crippen molar-refractivity contribution in [2.75, 3.05) is 25.0 Å². The van der Waals surface area contributed by atoms with Crippen LogP contribution < -0.4 is 10.2 Å². The average molecular weight is 257 g/mol. The van der Waals surface area contributed by atoms with Gasteiger partial charge in [0, 0.05) is 49.5 Å². The van der Waals surface area contributed by atoms with Crippen LogP contribution in [-0.4, -0.2) is 41.1 Å². The first-order chi connectivity index (χ1) is 9.33. The van der Waals surface area contributed by atoms with Gasteiger partial charge in [0.15, 0.2) is 0 Å². The van der Waals surface area contributed by atoms with Crippen LogP contribution in [0.3, 0.4) is 0 Å². The lowest BCUT2D eigenvalue weighted by Gasteiger charge is -2.21. The van der Waals surface area contributed by atoms with Crippen LogP contribution in [0.4, 0.5) is 5.95 Å². The van der Waals surface area contributed by atoms with E-state index in [2.05, 4.69) is 25.2 Å². The van der Waals surface area contributed by atoms with Crippen molar-refractivity contribution in [1.82, 2.24) is 20.3 Å². The lowest BCUT2D eigenvalue weighted by molar-refractivity contribution is 0.594. The third-order valence-corrected chi connectivity index (χ3v) is 3.55. The Bertz CT molecular complexity index is 499. The van der Waals surface area contributed by atoms with Gasteiger partial charge >= 0.3 is 0 Å². The molecule has 2 aromatic heterocycles. The van der Waals surface area contributed by atoms with E-state index in [1.807, 2.05) is 37.8 Å². The Morgan fingerprint density at radius 3 is 2.84 bits per heavy atom. The van der Waals surface area contributed by atoms with E-state index in [0.717, 1.165) is 30.3 Å². The average Bonchev–Trinajstić information content (AvgIpc) is 3.12. The summed E-state index contributed by atoms with van der Waals surface area (Å²) < 4.78 is 0. The maximum absolute atomic E-state index is 4.44. The number of H-pyrrole nitrogens is 1. The summed E-state index contributed by atoms with van der Waals surface area (Å²) in [6.07, 6.45) is 8.15. The summed E-state index contributed by atoms with van der Waals surface area (Å²) in [6, 6.07) is 4.56. The minimum absolute atomic E-state index is 0.566. The topological polar surface area (TPSA) is 56.8 Å². The van der Waals surface area contributed by atoms with Crippen molar-refractivity contribution in [2.45, 2.75) is 18.9 Å². The monoisotopic (exact) mass is 257 g/mol. The molecule has 0 bridgehead atoms. The fraction of sp³-hybridized carbons (Fsp3) is 0.429. The smallest absolute Gasteiger partial charge is 0.225 e. The summed E-state index contributed by atoms with van der Waals surface area (Å²) in [5.74, 6) is 0.781. The second-order valence-corrected chi connectivity index (χ2v) is 5.03. The summed E-state index contributed by atoms with van der Waals surface area (Å²) in [6.45, 7) is 2.09. The second-order valence-electron chi connectivity index (χ2n) is 5.03. The highest BCUT2D eigenvalue weighted by Gasteiger charge is 2.17. The predicted octanol–water partition coefficient (Wildman–Crippen LogP) is 1.66. The number of nitrogens with zero attached hydrogens (tertiary/aromatic N) is 3. The highest BCUT2D eigenvalue weighted by Crippen LogP contribution is 2.16. The van der Waals surface area contributed by atoms with Crippen LogP contribution in [0.5, 0.6) is 0 Å². The van der Waals surface area contributed by atoms with E-state index >= 15 is 0 Å². The molecule has 0 aromatic carbocycles. The molecule has 1 fully saturated rings. The van der Waals surface area contributed by atoms with E-state index in [0.29, 0.717) is 6.04 Å². The SMILES string of the molecule is CN(CC1CCCN1)c1ncc(-c2ccc[nH]2)cn1. The van der Waals surface area contributed by atoms with Crippen molar-refractivity contribution < 1.29 is 0 Å². The first-order valence-electron chi connectivity index (χ1n) is 6.73. The summed E-state index contributed by atoms with van der Waals surface area (Å²) in [4.78, 5) is 14.2. The summed E-state index contributed by atoms with van der Waals surface area (Å²) in [7, 11) is 2.05. The van der Waals surface area contributed by atoms with E-state index in [-0.39, 0.29) is 0 Å². The van der Waals surface area contributed by atoms with Crippen molar-refractivity contribution in [3.05, 3.63) is 30.7 Å². The zero-order valence-electron chi connectivity index (χ0n) is 11.1. The Balaban J connectivity index is 1.67. The molecule has 1 aliphatic rings. The fourth-order valence-corrected chi connectivity index (χ4v) is 2.49. The van der Waals surface area contributed by atoms with Crippen LogP contribution in [0.1, 0.15) is 12.8 Å². The molecule has 5 heteroatoms. The van der Waals surface area contributed by atoms with Gasteiger partial charge in [0.1, 0.15) is 0 Å². The van der Waals surface area contributed by atoms with E-state index in [9.17, 15) is 0 Å². The maximum atomic E-state index is 4.44. The van der Waals surface area contributed by atoms with Crippen molar-refractivity contribution >= 4 is 5.95 Å². The van der Waals surface area contributed by atoms with Crippen molar-refractivity contribution in [3.63, 3.8) is 0 Å². The number of likely N-dealkylation sites (N-methyl/N-ethyl adjacent to an activating group) is 1. The molecule has 3 heterocycles. The Morgan fingerprint density at radius 2 is 2.21 bits per heavy atom. The highest BCUT2D eigenvalue weighted by atomic mass is 15.2. The van der Waals surface area contributed by atoms with E-state index < -0.39 is 0 Å². The number of anilines is 1. The standard InChI is InChI=1S/C14H19N5/c1-19(10-12-4-2-6-15-12)14-17-8-11(9-18-14)13-5-3-7-16-13/h3,5,7-9,12,15-16H,2,4,6,10H2,1H3. The van der Waals surface area contributed by atoms with Crippen molar-refractivity contribution in [1.29, 1.82) is 0 Å². The minimum atomic E-state index is 0.566. The number of hydrogen-bond donors (Lipinski definition) is 2. The van der Waals surface area contributed by atoms with Crippen LogP contribution in [-0.2, 0) is 0 Å². The van der Waals surface area contributed by atoms with Gasteiger partial charge in [-0.15, -0.1) is 0 Å². The van der Waals surface area contributed by atoms with Gasteiger partial charge in [-0.05, 0) is 31.5 Å². The van der Waals surface area contributed by atoms with Gasteiger partial charge in [-0.25, -0.2) is 9.97 Å². The van der Waals surface area contributed by atoms with Gasteiger partial charge < -0.3 is 15.2 Å². The Kier molecular flexibility index (Phi) is 3.46. The molecule has 0 aliphatic carbocycles. The van der Waals surface area contributed by atoms with Gasteiger partial charge in [0.05, 0.1) is 0 Å². The van der Waals surface area contributed by atoms with Crippen LogP contribution in [0.25, 0.3) is 11.3 Å². The van der Waals surface area contributed by atoms with Crippen LogP contribution in [0.15, 0.2) is 30.7 Å². The molecule has 0 saturated carbocycles. The Labute approximate surface area is 113 Å². The first kappa shape index (κ1) is 12.2. The van der Waals surface area contributed by atoms with Gasteiger partial charge in [0.2, 0.25) is 5.95 Å². The lowest BCUT2D eigenvalue weighted by atomic mass is 10.2. The second kappa shape index (κ2) is 5.40. The Hall–Kier alpha value is -1.88. The molecule has 100 valence electrons. The normalized spacial score (nSPS) is 18.7. The maximum Gasteiger partial charge on any atom is 0.225 e. The third kappa shape index (κ3) is 2.76. The van der Waals surface area contributed by atoms with Gasteiger partial charge in [-0.1, -0.05) is 0 Å². The van der Waals surface area contributed by atoms with Crippen molar-refractivity contribution in [2.24, 2.45) is 0 Å². The first-order valence-corrected chi connectivity index (χ1v) is 6.73. The summed E-state index contributed by atoms with van der Waals surface area (Å²) in [5, 5.41) is 3.49. The molecule has 5 nitrogen and oxygen atoms in total. The number of aromatic amines is 1. The molecule has 2 N–H and O–H groups in total. The number of nitrogens with one attached hydrogen (secondary N) is 2. The summed E-state index contributed by atoms with van der Waals surface area (Å²) in [5.41, 5.74) is 2.06. The van der Waals surface area contributed by atoms with Crippen molar-refractivity contribution in [3.8, 4) is 11.3 Å². The number of rotatable bonds is 4. The third-order valence-electron chi connectivity index (χ3n) is 3.55. The highest BCUT2D eigenvalue weighted by molar-refractivity contribution is 5.57. The zero-order valence-corrected chi connectivity index (χ0v) is 11.1. The molecule has 1 saturated heterocycles. The minimum Gasteiger partial charge on any atom is -0.361 e. The molecule has 0 amide bonds. The van der Waals surface area contributed by atoms with Crippen LogP contribution >= 0.6 is 0 Å². The van der Waals surface area contributed by atoms with Gasteiger partial charge in [-0.2, -0.15) is 0 Å². The molecule has 1 unspecified atom stereocenters. The molecule has 0 spiro atoms. The van der Waals surface area contributed by atoms with Crippen LogP contribution in [0.2, 0.25) is 0 Å². The van der Waals surface area contributed by atoms with Gasteiger partial charge in [0.25, 0.3) is 0 Å². The van der Waals surface area contributed by atoms with E-state index in [1.54, 1.807) is 0 Å². The molecule has 2 aromatic rings. The molecule has 1 aliphatic heterocycles. The lowest BCUT2D eigenvalue weighted by Crippen LogP contribution is -2.36. The Morgan fingerprint density at radius 1 is 1.37 bits per heavy atom. The number of hydrogen-bond acceptors (Lipinski definition) is 4. The fourth-order valence-electron chi connectivity index (χ4n) is 2.49. The molecule has 1 atom stereocenters. The molecule has 19 heavy (non-hydrogen) atoms. The molecule has 3 rings (SSSR count). The number of aromatic nitrogens is 3. The van der Waals surface area contributed by atoms with E-state index in [4.69, 9.17) is 0 Å². The predicted molar refractivity (Wildman–Crippen MR) is 76.1 cm³/mol. The summed E-state index contributed by atoms with van der Waals surface area (Å²) >= 11 is 0. The quantitative estimate of drug-likeness (QED) is 0.874. The largest absolute Gasteiger partial charge is 0.361 e. The van der Waals surface area contributed by atoms with Gasteiger partial charge in [-0.3, -0.25) is 0 Å².